The van der Waals surface area contributed by atoms with Crippen LogP contribution in [0.3, 0.4) is 0 Å². The number of aryl methyl sites for hydroxylation is 1. The van der Waals surface area contributed by atoms with Gasteiger partial charge in [0, 0.05) is 12.5 Å². The first-order valence-electron chi connectivity index (χ1n) is 11.7. The normalized spacial score (nSPS) is 17.2. The fraction of sp³-hybridized carbons (Fsp3) is 0.286. The molecule has 0 saturated carbocycles. The molecular weight excluding hydrogens is 462 g/mol. The molecule has 0 radical (unpaired) electrons. The van der Waals surface area contributed by atoms with Crippen LogP contribution in [0.15, 0.2) is 72.8 Å². The number of hydrogen-bond donors (Lipinski definition) is 1. The molecule has 1 aliphatic rings. The van der Waals surface area contributed by atoms with Crippen molar-refractivity contribution in [2.75, 3.05) is 13.2 Å². The molecule has 1 fully saturated rings. The van der Waals surface area contributed by atoms with E-state index in [0.29, 0.717) is 25.4 Å². The van der Waals surface area contributed by atoms with Crippen molar-refractivity contribution >= 4 is 22.9 Å². The highest BCUT2D eigenvalue weighted by Gasteiger charge is 2.45. The van der Waals surface area contributed by atoms with E-state index in [1.807, 2.05) is 66.7 Å². The molecule has 1 aliphatic heterocycles. The minimum Gasteiger partial charge on any atom is -0.493 e. The van der Waals surface area contributed by atoms with Crippen LogP contribution in [0.4, 0.5) is 4.79 Å². The Labute approximate surface area is 210 Å². The van der Waals surface area contributed by atoms with E-state index in [4.69, 9.17) is 14.2 Å². The topological polar surface area (TPSA) is 73.9 Å². The molecule has 4 rings (SSSR count). The van der Waals surface area contributed by atoms with Crippen molar-refractivity contribution in [3.63, 3.8) is 0 Å². The Morgan fingerprint density at radius 2 is 1.57 bits per heavy atom. The zero-order valence-electron chi connectivity index (χ0n) is 19.9. The monoisotopic (exact) mass is 491 g/mol. The predicted octanol–water partition coefficient (Wildman–Crippen LogP) is 6.48. The Hall–Kier alpha value is -3.45. The van der Waals surface area contributed by atoms with E-state index >= 15 is 0 Å². The number of imide groups is 1. The number of rotatable bonds is 11. The van der Waals surface area contributed by atoms with Crippen molar-refractivity contribution in [1.82, 2.24) is 5.32 Å². The van der Waals surface area contributed by atoms with Crippen LogP contribution < -0.4 is 19.5 Å². The number of carbonyl (C=O) groups is 2. The smallest absolute Gasteiger partial charge is 0.287 e. The summed E-state index contributed by atoms with van der Waals surface area (Å²) < 4.78 is 16.9. The van der Waals surface area contributed by atoms with Gasteiger partial charge in [-0.3, -0.25) is 14.9 Å². The van der Waals surface area contributed by atoms with E-state index in [9.17, 15) is 9.59 Å². The van der Waals surface area contributed by atoms with Gasteiger partial charge in [-0.15, -0.1) is 0 Å². The van der Waals surface area contributed by atoms with E-state index in [2.05, 4.69) is 18.3 Å². The number of benzene rings is 3. The fourth-order valence-corrected chi connectivity index (χ4v) is 4.71. The van der Waals surface area contributed by atoms with Crippen molar-refractivity contribution in [2.45, 2.75) is 37.9 Å². The average Bonchev–Trinajstić information content (AvgIpc) is 3.13. The van der Waals surface area contributed by atoms with Gasteiger partial charge in [0.05, 0.1) is 13.2 Å². The largest absolute Gasteiger partial charge is 0.493 e. The Bertz CT molecular complexity index is 1180. The first-order valence-corrected chi connectivity index (χ1v) is 12.6. The molecular formula is C28H29NO5S. The number of hydrogen-bond acceptors (Lipinski definition) is 6. The van der Waals surface area contributed by atoms with Crippen molar-refractivity contribution in [3.05, 3.63) is 83.9 Å². The maximum absolute atomic E-state index is 12.1. The van der Waals surface area contributed by atoms with Crippen LogP contribution in [0.5, 0.6) is 23.0 Å². The maximum atomic E-state index is 12.1. The summed E-state index contributed by atoms with van der Waals surface area (Å²) in [4.78, 5) is 23.6. The first-order chi connectivity index (χ1) is 17.0. The van der Waals surface area contributed by atoms with Crippen molar-refractivity contribution in [2.24, 2.45) is 0 Å². The first kappa shape index (κ1) is 24.7. The summed E-state index contributed by atoms with van der Waals surface area (Å²) >= 11 is 0.995. The van der Waals surface area contributed by atoms with Crippen LogP contribution in [-0.4, -0.2) is 24.4 Å². The van der Waals surface area contributed by atoms with Gasteiger partial charge in [-0.2, -0.15) is 0 Å². The molecule has 0 aliphatic carbocycles. The van der Waals surface area contributed by atoms with Crippen molar-refractivity contribution < 1.29 is 23.8 Å². The van der Waals surface area contributed by atoms with Gasteiger partial charge >= 0.3 is 0 Å². The molecule has 6 nitrogen and oxygen atoms in total. The highest BCUT2D eigenvalue weighted by molar-refractivity contribution is 8.15. The molecule has 1 heterocycles. The van der Waals surface area contributed by atoms with Crippen molar-refractivity contribution in [3.8, 4) is 23.0 Å². The lowest BCUT2D eigenvalue weighted by Gasteiger charge is -2.19. The van der Waals surface area contributed by atoms with Crippen LogP contribution in [0.2, 0.25) is 0 Å². The molecule has 3 aromatic carbocycles. The summed E-state index contributed by atoms with van der Waals surface area (Å²) in [6.45, 7) is 4.90. The predicted molar refractivity (Wildman–Crippen MR) is 137 cm³/mol. The molecule has 2 amide bonds. The van der Waals surface area contributed by atoms with E-state index < -0.39 is 4.75 Å². The van der Waals surface area contributed by atoms with Gasteiger partial charge in [0.1, 0.15) is 27.7 Å². The molecule has 1 N–H and O–H groups in total. The summed E-state index contributed by atoms with van der Waals surface area (Å²) in [6, 6.07) is 23.0. The zero-order chi connectivity index (χ0) is 24.7. The number of para-hydroxylation sites is 1. The van der Waals surface area contributed by atoms with Gasteiger partial charge in [0.25, 0.3) is 5.24 Å². The summed E-state index contributed by atoms with van der Waals surface area (Å²) in [7, 11) is 0. The van der Waals surface area contributed by atoms with Crippen molar-refractivity contribution in [1.29, 1.82) is 0 Å². The quantitative estimate of drug-likeness (QED) is 0.310. The van der Waals surface area contributed by atoms with Gasteiger partial charge in [0.2, 0.25) is 5.91 Å². The number of ether oxygens (including phenoxy) is 3. The number of amides is 2. The second-order valence-electron chi connectivity index (χ2n) is 8.39. The Balaban J connectivity index is 1.23. The highest BCUT2D eigenvalue weighted by atomic mass is 32.2. The second kappa shape index (κ2) is 11.3. The fourth-order valence-electron chi connectivity index (χ4n) is 3.80. The van der Waals surface area contributed by atoms with Crippen LogP contribution >= 0.6 is 11.8 Å². The molecule has 1 atom stereocenters. The summed E-state index contributed by atoms with van der Waals surface area (Å²) in [5.74, 6) is 2.77. The SMILES string of the molecule is CCCc1ccccc1Oc1cccc(OCCCOc2ccc(C3(C)SC(=O)NC3=O)cc2)c1. The molecule has 1 unspecified atom stereocenters. The van der Waals surface area contributed by atoms with E-state index in [0.717, 1.165) is 47.4 Å². The summed E-state index contributed by atoms with van der Waals surface area (Å²) in [6.07, 6.45) is 2.74. The van der Waals surface area contributed by atoms with E-state index in [1.165, 1.54) is 5.56 Å². The molecule has 182 valence electrons. The van der Waals surface area contributed by atoms with Gasteiger partial charge in [-0.1, -0.05) is 49.7 Å². The lowest BCUT2D eigenvalue weighted by atomic mass is 9.99. The lowest BCUT2D eigenvalue weighted by Crippen LogP contribution is -2.31. The van der Waals surface area contributed by atoms with Crippen LogP contribution in [0.25, 0.3) is 0 Å². The minimum atomic E-state index is -0.903. The minimum absolute atomic E-state index is 0.294. The second-order valence-corrected chi connectivity index (χ2v) is 9.78. The Kier molecular flexibility index (Phi) is 7.98. The number of carbonyl (C=O) groups excluding carboxylic acids is 2. The van der Waals surface area contributed by atoms with Gasteiger partial charge in [0.15, 0.2) is 0 Å². The van der Waals surface area contributed by atoms with Crippen LogP contribution in [-0.2, 0) is 16.0 Å². The molecule has 0 spiro atoms. The third-order valence-electron chi connectivity index (χ3n) is 5.70. The third-order valence-corrected chi connectivity index (χ3v) is 6.82. The maximum Gasteiger partial charge on any atom is 0.287 e. The van der Waals surface area contributed by atoms with E-state index in [-0.39, 0.29) is 11.1 Å². The van der Waals surface area contributed by atoms with Crippen LogP contribution in [0, 0.1) is 0 Å². The van der Waals surface area contributed by atoms with Gasteiger partial charge < -0.3 is 14.2 Å². The number of thioether (sulfide) groups is 1. The molecule has 35 heavy (non-hydrogen) atoms. The molecule has 7 heteroatoms. The summed E-state index contributed by atoms with van der Waals surface area (Å²) in [5, 5.41) is 2.01. The van der Waals surface area contributed by atoms with Crippen LogP contribution in [0.1, 0.15) is 37.8 Å². The van der Waals surface area contributed by atoms with Gasteiger partial charge in [-0.05, 0) is 66.6 Å². The molecule has 0 bridgehead atoms. The lowest BCUT2D eigenvalue weighted by molar-refractivity contribution is -0.121. The Morgan fingerprint density at radius 1 is 0.857 bits per heavy atom. The highest BCUT2D eigenvalue weighted by Crippen LogP contribution is 2.41. The molecule has 0 aromatic heterocycles. The molecule has 3 aromatic rings. The van der Waals surface area contributed by atoms with E-state index in [1.54, 1.807) is 6.92 Å². The molecule has 1 saturated heterocycles. The van der Waals surface area contributed by atoms with Gasteiger partial charge in [-0.25, -0.2) is 0 Å². The summed E-state index contributed by atoms with van der Waals surface area (Å²) in [5.41, 5.74) is 1.96. The third kappa shape index (κ3) is 6.17. The zero-order valence-corrected chi connectivity index (χ0v) is 20.7. The Morgan fingerprint density at radius 3 is 2.29 bits per heavy atom. The average molecular weight is 492 g/mol. The number of nitrogens with one attached hydrogen (secondary N) is 1. The standard InChI is InChI=1S/C28H29NO5S/c1-3-8-20-9-4-5-12-25(20)34-24-11-6-10-23(19-24)33-18-7-17-32-22-15-13-21(14-16-22)28(2)26(30)29-27(31)35-28/h4-6,9-16,19H,3,7-8,17-18H2,1-2H3,(H,29,30,31).